The lowest BCUT2D eigenvalue weighted by atomic mass is 10.0. The van der Waals surface area contributed by atoms with Crippen LogP contribution >= 0.6 is 0 Å². The first-order valence-electron chi connectivity index (χ1n) is 6.19. The summed E-state index contributed by atoms with van der Waals surface area (Å²) >= 11 is 0. The summed E-state index contributed by atoms with van der Waals surface area (Å²) in [5.41, 5.74) is 0. The summed E-state index contributed by atoms with van der Waals surface area (Å²) in [5.74, 6) is -1.90. The minimum atomic E-state index is -3.41. The van der Waals surface area contributed by atoms with Crippen molar-refractivity contribution in [2.24, 2.45) is 5.92 Å². The summed E-state index contributed by atoms with van der Waals surface area (Å²) < 4.78 is 24.9. The molecule has 1 aliphatic heterocycles. The largest absolute Gasteiger partial charge is 0.480 e. The number of carboxylic acids is 1. The van der Waals surface area contributed by atoms with Gasteiger partial charge in [-0.2, -0.15) is 4.31 Å². The highest BCUT2D eigenvalue weighted by molar-refractivity contribution is 7.89. The van der Waals surface area contributed by atoms with Crippen LogP contribution in [0.2, 0.25) is 0 Å². The molecule has 0 aromatic rings. The van der Waals surface area contributed by atoms with Gasteiger partial charge in [0, 0.05) is 6.54 Å². The number of carbonyl (C=O) groups is 2. The standard InChI is InChI=1S/C11H20N2O5S/c1-7(2)9(10(14)12-8(3)11(15)16)13-5-4-6-19(13,17)18/h7-9H,4-6H2,1-3H3,(H,12,14)(H,15,16). The molecular weight excluding hydrogens is 272 g/mol. The van der Waals surface area contributed by atoms with Crippen LogP contribution in [-0.2, 0) is 19.6 Å². The van der Waals surface area contributed by atoms with Gasteiger partial charge in [0.2, 0.25) is 15.9 Å². The van der Waals surface area contributed by atoms with Gasteiger partial charge in [-0.25, -0.2) is 8.42 Å². The normalized spacial score (nSPS) is 22.1. The summed E-state index contributed by atoms with van der Waals surface area (Å²) in [7, 11) is -3.41. The molecule has 0 spiro atoms. The molecule has 1 heterocycles. The van der Waals surface area contributed by atoms with Gasteiger partial charge in [-0.1, -0.05) is 13.8 Å². The molecule has 2 N–H and O–H groups in total. The first-order valence-corrected chi connectivity index (χ1v) is 7.80. The Balaban J connectivity index is 2.90. The summed E-state index contributed by atoms with van der Waals surface area (Å²) in [6.07, 6.45) is 0.493. The van der Waals surface area contributed by atoms with Gasteiger partial charge >= 0.3 is 5.97 Å². The van der Waals surface area contributed by atoms with Crippen LogP contribution < -0.4 is 5.32 Å². The zero-order valence-corrected chi connectivity index (χ0v) is 12.1. The maximum atomic E-state index is 12.1. The van der Waals surface area contributed by atoms with Crippen molar-refractivity contribution in [3.8, 4) is 0 Å². The number of sulfonamides is 1. The molecule has 0 radical (unpaired) electrons. The Morgan fingerprint density at radius 1 is 1.26 bits per heavy atom. The summed E-state index contributed by atoms with van der Waals surface area (Å²) in [6, 6.07) is -1.90. The average molecular weight is 292 g/mol. The zero-order valence-electron chi connectivity index (χ0n) is 11.3. The van der Waals surface area contributed by atoms with E-state index in [1.165, 1.54) is 11.2 Å². The number of carbonyl (C=O) groups excluding carboxylic acids is 1. The quantitative estimate of drug-likeness (QED) is 0.720. The molecule has 0 aromatic heterocycles. The Morgan fingerprint density at radius 3 is 2.21 bits per heavy atom. The van der Waals surface area contributed by atoms with Crippen LogP contribution in [0.15, 0.2) is 0 Å². The van der Waals surface area contributed by atoms with E-state index >= 15 is 0 Å². The third-order valence-electron chi connectivity index (χ3n) is 3.08. The second kappa shape index (κ2) is 5.87. The molecule has 1 rings (SSSR count). The number of carboxylic acid groups (broad SMARTS) is 1. The Kier molecular flexibility index (Phi) is 4.92. The third kappa shape index (κ3) is 3.66. The zero-order chi connectivity index (χ0) is 14.8. The lowest BCUT2D eigenvalue weighted by molar-refractivity contribution is -0.142. The predicted octanol–water partition coefficient (Wildman–Crippen LogP) is -0.364. The average Bonchev–Trinajstić information content (AvgIpc) is 2.58. The van der Waals surface area contributed by atoms with Crippen LogP contribution in [0.5, 0.6) is 0 Å². The molecule has 8 heteroatoms. The molecular formula is C11H20N2O5S. The first-order chi connectivity index (χ1) is 8.66. The van der Waals surface area contributed by atoms with Crippen LogP contribution in [-0.4, -0.2) is 54.1 Å². The van der Waals surface area contributed by atoms with Crippen molar-refractivity contribution in [3.05, 3.63) is 0 Å². The highest BCUT2D eigenvalue weighted by Gasteiger charge is 2.40. The van der Waals surface area contributed by atoms with E-state index in [0.29, 0.717) is 13.0 Å². The van der Waals surface area contributed by atoms with E-state index in [1.54, 1.807) is 13.8 Å². The van der Waals surface area contributed by atoms with E-state index in [9.17, 15) is 18.0 Å². The molecule has 0 aliphatic carbocycles. The van der Waals surface area contributed by atoms with Crippen LogP contribution in [0.1, 0.15) is 27.2 Å². The molecule has 1 fully saturated rings. The van der Waals surface area contributed by atoms with Crippen LogP contribution in [0, 0.1) is 5.92 Å². The monoisotopic (exact) mass is 292 g/mol. The van der Waals surface area contributed by atoms with Crippen molar-refractivity contribution in [3.63, 3.8) is 0 Å². The van der Waals surface area contributed by atoms with Crippen molar-refractivity contribution in [2.75, 3.05) is 12.3 Å². The Bertz CT molecular complexity index is 460. The fourth-order valence-corrected chi connectivity index (χ4v) is 3.92. The van der Waals surface area contributed by atoms with Gasteiger partial charge in [0.25, 0.3) is 0 Å². The third-order valence-corrected chi connectivity index (χ3v) is 5.01. The molecule has 2 atom stereocenters. The van der Waals surface area contributed by atoms with E-state index in [4.69, 9.17) is 5.11 Å². The van der Waals surface area contributed by atoms with Gasteiger partial charge in [0.05, 0.1) is 5.75 Å². The molecule has 0 saturated carbocycles. The highest BCUT2D eigenvalue weighted by Crippen LogP contribution is 2.22. The van der Waals surface area contributed by atoms with Crippen LogP contribution in [0.25, 0.3) is 0 Å². The maximum absolute atomic E-state index is 12.1. The van der Waals surface area contributed by atoms with Crippen molar-refractivity contribution in [2.45, 2.75) is 39.3 Å². The molecule has 0 bridgehead atoms. The van der Waals surface area contributed by atoms with Crippen LogP contribution in [0.4, 0.5) is 0 Å². The van der Waals surface area contributed by atoms with Gasteiger partial charge in [0.15, 0.2) is 0 Å². The molecule has 110 valence electrons. The van der Waals surface area contributed by atoms with Gasteiger partial charge < -0.3 is 10.4 Å². The number of hydrogen-bond acceptors (Lipinski definition) is 4. The van der Waals surface area contributed by atoms with Crippen molar-refractivity contribution < 1.29 is 23.1 Å². The van der Waals surface area contributed by atoms with Crippen LogP contribution in [0.3, 0.4) is 0 Å². The molecule has 1 amide bonds. The molecule has 19 heavy (non-hydrogen) atoms. The number of rotatable bonds is 5. The Labute approximate surface area is 113 Å². The van der Waals surface area contributed by atoms with Crippen molar-refractivity contribution in [1.29, 1.82) is 0 Å². The van der Waals surface area contributed by atoms with E-state index in [2.05, 4.69) is 5.32 Å². The number of hydrogen-bond donors (Lipinski definition) is 2. The van der Waals surface area contributed by atoms with Gasteiger partial charge in [0.1, 0.15) is 12.1 Å². The Hall–Kier alpha value is -1.15. The topological polar surface area (TPSA) is 104 Å². The summed E-state index contributed by atoms with van der Waals surface area (Å²) in [4.78, 5) is 22.8. The fourth-order valence-electron chi connectivity index (χ4n) is 2.10. The lowest BCUT2D eigenvalue weighted by Gasteiger charge is -2.29. The SMILES string of the molecule is CC(NC(=O)C(C(C)C)N1CCCS1(=O)=O)C(=O)O. The Morgan fingerprint density at radius 2 is 1.84 bits per heavy atom. The number of nitrogens with zero attached hydrogens (tertiary/aromatic N) is 1. The molecule has 2 unspecified atom stereocenters. The second-order valence-corrected chi connectivity index (χ2v) is 7.08. The summed E-state index contributed by atoms with van der Waals surface area (Å²) in [6.45, 7) is 5.13. The second-order valence-electron chi connectivity index (χ2n) is 5.04. The lowest BCUT2D eigenvalue weighted by Crippen LogP contribution is -2.53. The number of amides is 1. The first kappa shape index (κ1) is 15.9. The summed E-state index contributed by atoms with van der Waals surface area (Å²) in [5, 5.41) is 11.1. The maximum Gasteiger partial charge on any atom is 0.325 e. The van der Waals surface area contributed by atoms with E-state index < -0.39 is 34.0 Å². The number of aliphatic carboxylic acids is 1. The van der Waals surface area contributed by atoms with Gasteiger partial charge in [-0.15, -0.1) is 0 Å². The van der Waals surface area contributed by atoms with Crippen molar-refractivity contribution in [1.82, 2.24) is 9.62 Å². The van der Waals surface area contributed by atoms with Crippen molar-refractivity contribution >= 4 is 21.9 Å². The highest BCUT2D eigenvalue weighted by atomic mass is 32.2. The van der Waals surface area contributed by atoms with Gasteiger partial charge in [-0.3, -0.25) is 9.59 Å². The minimum Gasteiger partial charge on any atom is -0.480 e. The minimum absolute atomic E-state index is 0.0397. The van der Waals surface area contributed by atoms with E-state index in [1.807, 2.05) is 0 Å². The van der Waals surface area contributed by atoms with E-state index in [0.717, 1.165) is 0 Å². The van der Waals surface area contributed by atoms with E-state index in [-0.39, 0.29) is 11.7 Å². The fraction of sp³-hybridized carbons (Fsp3) is 0.818. The predicted molar refractivity (Wildman–Crippen MR) is 69.0 cm³/mol. The molecule has 1 saturated heterocycles. The molecule has 7 nitrogen and oxygen atoms in total. The molecule has 0 aromatic carbocycles. The smallest absolute Gasteiger partial charge is 0.325 e. The van der Waals surface area contributed by atoms with Gasteiger partial charge in [-0.05, 0) is 19.3 Å². The number of nitrogens with one attached hydrogen (secondary N) is 1. The molecule has 1 aliphatic rings.